The Labute approximate surface area is 190 Å². The molecule has 0 saturated heterocycles. The molecule has 32 heavy (non-hydrogen) atoms. The number of nitrogens with one attached hydrogen (secondary N) is 1. The molecule has 4 rings (SSSR count). The summed E-state index contributed by atoms with van der Waals surface area (Å²) in [5.74, 6) is -0.194. The lowest BCUT2D eigenvalue weighted by Crippen LogP contribution is -2.20. The molecule has 0 aliphatic rings. The van der Waals surface area contributed by atoms with Crippen molar-refractivity contribution >= 4 is 28.4 Å². The van der Waals surface area contributed by atoms with Gasteiger partial charge in [-0.1, -0.05) is 57.2 Å². The van der Waals surface area contributed by atoms with Crippen LogP contribution in [0.25, 0.3) is 16.2 Å². The summed E-state index contributed by atoms with van der Waals surface area (Å²) in [4.78, 5) is 17.8. The van der Waals surface area contributed by atoms with Gasteiger partial charge in [0.05, 0.1) is 30.0 Å². The maximum absolute atomic E-state index is 12.4. The van der Waals surface area contributed by atoms with Gasteiger partial charge in [0, 0.05) is 22.8 Å². The first kappa shape index (κ1) is 21.5. The molecule has 2 aromatic carbocycles. The molecule has 2 aromatic heterocycles. The summed E-state index contributed by atoms with van der Waals surface area (Å²) in [5.41, 5.74) is 8.07. The maximum Gasteiger partial charge on any atom is 0.246 e. The number of hydrogen-bond donors (Lipinski definition) is 1. The molecule has 0 unspecified atom stereocenters. The van der Waals surface area contributed by atoms with E-state index >= 15 is 0 Å². The van der Waals surface area contributed by atoms with E-state index in [2.05, 4.69) is 54.5 Å². The summed E-state index contributed by atoms with van der Waals surface area (Å²) in [6.45, 7) is 6.52. The molecular formula is C25H23N5OS. The normalized spacial score (nSPS) is 11.7. The first-order valence-electron chi connectivity index (χ1n) is 10.2. The fraction of sp³-hybridized carbons (Fsp3) is 0.200. The first-order valence-corrected chi connectivity index (χ1v) is 11.1. The third-order valence-corrected chi connectivity index (χ3v) is 6.00. The fourth-order valence-corrected chi connectivity index (χ4v) is 4.14. The minimum atomic E-state index is -0.194. The molecule has 0 aliphatic carbocycles. The molecule has 0 spiro atoms. The van der Waals surface area contributed by atoms with Crippen LogP contribution < -0.4 is 5.43 Å². The van der Waals surface area contributed by atoms with Gasteiger partial charge in [-0.15, -0.1) is 11.3 Å². The SMILES string of the molecule is CC(C)(C)c1ccc(/C=N/NC(=O)Cc2csc3nc(-c4ccc(C#N)cc4)cn23)cc1. The van der Waals surface area contributed by atoms with Gasteiger partial charge in [-0.2, -0.15) is 10.4 Å². The fourth-order valence-electron chi connectivity index (χ4n) is 3.26. The van der Waals surface area contributed by atoms with E-state index in [9.17, 15) is 4.79 Å². The second-order valence-corrected chi connectivity index (χ2v) is 9.37. The van der Waals surface area contributed by atoms with Crippen molar-refractivity contribution in [2.45, 2.75) is 32.6 Å². The van der Waals surface area contributed by atoms with Crippen LogP contribution in [0, 0.1) is 11.3 Å². The second kappa shape index (κ2) is 8.77. The molecule has 4 aromatic rings. The number of carbonyl (C=O) groups excluding carboxylic acids is 1. The van der Waals surface area contributed by atoms with E-state index in [1.165, 1.54) is 16.9 Å². The summed E-state index contributed by atoms with van der Waals surface area (Å²) in [6, 6.07) is 17.6. The van der Waals surface area contributed by atoms with Crippen LogP contribution in [-0.4, -0.2) is 21.5 Å². The van der Waals surface area contributed by atoms with Gasteiger partial charge >= 0.3 is 0 Å². The van der Waals surface area contributed by atoms with Crippen molar-refractivity contribution in [1.29, 1.82) is 5.26 Å². The number of hydrogen-bond acceptors (Lipinski definition) is 5. The van der Waals surface area contributed by atoms with Crippen molar-refractivity contribution in [3.63, 3.8) is 0 Å². The largest absolute Gasteiger partial charge is 0.294 e. The molecule has 7 heteroatoms. The molecule has 0 atom stereocenters. The quantitative estimate of drug-likeness (QED) is 0.352. The van der Waals surface area contributed by atoms with Crippen molar-refractivity contribution in [2.24, 2.45) is 5.10 Å². The third kappa shape index (κ3) is 4.76. The Bertz CT molecular complexity index is 1320. The summed E-state index contributed by atoms with van der Waals surface area (Å²) < 4.78 is 1.92. The van der Waals surface area contributed by atoms with Gasteiger partial charge in [0.15, 0.2) is 4.96 Å². The van der Waals surface area contributed by atoms with Crippen LogP contribution in [0.15, 0.2) is 65.2 Å². The molecule has 2 heterocycles. The van der Waals surface area contributed by atoms with E-state index in [0.29, 0.717) is 5.56 Å². The Hall–Kier alpha value is -3.76. The lowest BCUT2D eigenvalue weighted by atomic mass is 9.87. The van der Waals surface area contributed by atoms with Crippen LogP contribution in [-0.2, 0) is 16.6 Å². The highest BCUT2D eigenvalue weighted by Gasteiger charge is 2.13. The Morgan fingerprint density at radius 1 is 1.19 bits per heavy atom. The number of nitrogens with zero attached hydrogens (tertiary/aromatic N) is 4. The molecule has 1 N–H and O–H groups in total. The lowest BCUT2D eigenvalue weighted by Gasteiger charge is -2.18. The number of imidazole rings is 1. The van der Waals surface area contributed by atoms with Crippen LogP contribution in [0.3, 0.4) is 0 Å². The van der Waals surface area contributed by atoms with Crippen molar-refractivity contribution < 1.29 is 4.79 Å². The van der Waals surface area contributed by atoms with Crippen LogP contribution in [0.1, 0.15) is 43.2 Å². The van der Waals surface area contributed by atoms with E-state index in [0.717, 1.165) is 27.5 Å². The highest BCUT2D eigenvalue weighted by atomic mass is 32.1. The van der Waals surface area contributed by atoms with Gasteiger partial charge in [0.25, 0.3) is 0 Å². The average Bonchev–Trinajstić information content (AvgIpc) is 3.35. The molecule has 0 saturated carbocycles. The van der Waals surface area contributed by atoms with Gasteiger partial charge < -0.3 is 0 Å². The number of nitriles is 1. The zero-order valence-electron chi connectivity index (χ0n) is 18.2. The predicted molar refractivity (Wildman–Crippen MR) is 128 cm³/mol. The van der Waals surface area contributed by atoms with E-state index in [4.69, 9.17) is 5.26 Å². The van der Waals surface area contributed by atoms with Gasteiger partial charge in [-0.05, 0) is 28.7 Å². The molecule has 0 fully saturated rings. The summed E-state index contributed by atoms with van der Waals surface area (Å²) in [5, 5.41) is 15.0. The summed E-state index contributed by atoms with van der Waals surface area (Å²) in [7, 11) is 0. The number of rotatable bonds is 5. The Kier molecular flexibility index (Phi) is 5.89. The van der Waals surface area contributed by atoms with Crippen LogP contribution >= 0.6 is 11.3 Å². The molecule has 0 radical (unpaired) electrons. The topological polar surface area (TPSA) is 82.5 Å². The van der Waals surface area contributed by atoms with Crippen LogP contribution in [0.4, 0.5) is 0 Å². The van der Waals surface area contributed by atoms with E-state index in [1.807, 2.05) is 40.2 Å². The molecule has 0 bridgehead atoms. The standard InChI is InChI=1S/C25H23N5OS/c1-25(2,3)20-10-6-18(7-11-20)14-27-29-23(31)12-21-16-32-24-28-22(15-30(21)24)19-8-4-17(13-26)5-9-19/h4-11,14-16H,12H2,1-3H3,(H,29,31)/b27-14+. The van der Waals surface area contributed by atoms with Gasteiger partial charge in [-0.25, -0.2) is 10.4 Å². The van der Waals surface area contributed by atoms with Gasteiger partial charge in [0.1, 0.15) is 0 Å². The number of aromatic nitrogens is 2. The van der Waals surface area contributed by atoms with E-state index < -0.39 is 0 Å². The molecular weight excluding hydrogens is 418 g/mol. The summed E-state index contributed by atoms with van der Waals surface area (Å²) in [6.07, 6.45) is 3.76. The minimum Gasteiger partial charge on any atom is -0.294 e. The molecule has 6 nitrogen and oxygen atoms in total. The average molecular weight is 442 g/mol. The second-order valence-electron chi connectivity index (χ2n) is 8.54. The zero-order valence-corrected chi connectivity index (χ0v) is 19.0. The number of thiazole rings is 1. The van der Waals surface area contributed by atoms with Gasteiger partial charge in [0.2, 0.25) is 5.91 Å². The van der Waals surface area contributed by atoms with E-state index in [1.54, 1.807) is 18.3 Å². The summed E-state index contributed by atoms with van der Waals surface area (Å²) >= 11 is 1.48. The zero-order chi connectivity index (χ0) is 22.7. The minimum absolute atomic E-state index is 0.100. The third-order valence-electron chi connectivity index (χ3n) is 5.11. The number of benzene rings is 2. The first-order chi connectivity index (χ1) is 15.3. The van der Waals surface area contributed by atoms with E-state index in [-0.39, 0.29) is 17.7 Å². The number of fused-ring (bicyclic) bond motifs is 1. The van der Waals surface area contributed by atoms with Gasteiger partial charge in [-0.3, -0.25) is 9.20 Å². The van der Waals surface area contributed by atoms with Crippen molar-refractivity contribution in [1.82, 2.24) is 14.8 Å². The van der Waals surface area contributed by atoms with Crippen molar-refractivity contribution in [2.75, 3.05) is 0 Å². The molecule has 160 valence electrons. The van der Waals surface area contributed by atoms with Crippen LogP contribution in [0.2, 0.25) is 0 Å². The van der Waals surface area contributed by atoms with Crippen molar-refractivity contribution in [3.05, 3.63) is 82.5 Å². The smallest absolute Gasteiger partial charge is 0.246 e. The number of carbonyl (C=O) groups is 1. The molecule has 0 aliphatic heterocycles. The monoisotopic (exact) mass is 441 g/mol. The maximum atomic E-state index is 12.4. The highest BCUT2D eigenvalue weighted by molar-refractivity contribution is 7.15. The number of hydrazone groups is 1. The Balaban J connectivity index is 1.41. The van der Waals surface area contributed by atoms with Crippen LogP contribution in [0.5, 0.6) is 0 Å². The Morgan fingerprint density at radius 3 is 2.56 bits per heavy atom. The number of amides is 1. The highest BCUT2D eigenvalue weighted by Crippen LogP contribution is 2.24. The van der Waals surface area contributed by atoms with Crippen molar-refractivity contribution in [3.8, 4) is 17.3 Å². The lowest BCUT2D eigenvalue weighted by molar-refractivity contribution is -0.120. The predicted octanol–water partition coefficient (Wildman–Crippen LogP) is 4.92. The molecule has 1 amide bonds. The Morgan fingerprint density at radius 2 is 1.91 bits per heavy atom.